The van der Waals surface area contributed by atoms with Crippen LogP contribution in [0, 0.1) is 16.0 Å². The Morgan fingerprint density at radius 2 is 1.65 bits per heavy atom. The smallest absolute Gasteiger partial charge is 0.269 e. The van der Waals surface area contributed by atoms with Crippen molar-refractivity contribution in [3.8, 4) is 0 Å². The van der Waals surface area contributed by atoms with Crippen molar-refractivity contribution in [1.82, 2.24) is 9.91 Å². The fourth-order valence-corrected chi connectivity index (χ4v) is 5.38. The predicted octanol–water partition coefficient (Wildman–Crippen LogP) is 5.62. The van der Waals surface area contributed by atoms with Crippen molar-refractivity contribution in [3.63, 3.8) is 0 Å². The molecule has 0 saturated carbocycles. The quantitative estimate of drug-likeness (QED) is 0.300. The first-order valence-corrected chi connectivity index (χ1v) is 13.0. The third-order valence-corrected chi connectivity index (χ3v) is 7.45. The lowest BCUT2D eigenvalue weighted by Crippen LogP contribution is -2.37. The van der Waals surface area contributed by atoms with E-state index in [9.17, 15) is 14.9 Å². The normalized spacial score (nSPS) is 18.5. The standard InChI is InChI=1S/C30H32N4O3/c35-30(16-19-32-17-14-24(15-18-32)20-23-8-3-1-4-9-23)33-29(26-12-7-13-27(21-26)34(36)37)22-28(31-33)25-10-5-2-6-11-25/h1-13,21,24,29H,14-20,22H2/t29-/m1/s1. The van der Waals surface area contributed by atoms with Crippen molar-refractivity contribution < 1.29 is 9.72 Å². The highest BCUT2D eigenvalue weighted by Gasteiger charge is 2.34. The number of carbonyl (C=O) groups is 1. The molecule has 0 radical (unpaired) electrons. The first kappa shape index (κ1) is 24.8. The van der Waals surface area contributed by atoms with Gasteiger partial charge in [-0.25, -0.2) is 5.01 Å². The molecule has 0 aromatic heterocycles. The molecule has 0 spiro atoms. The van der Waals surface area contributed by atoms with Crippen molar-refractivity contribution in [2.45, 2.75) is 38.1 Å². The van der Waals surface area contributed by atoms with Crippen LogP contribution in [0.15, 0.2) is 90.0 Å². The first-order chi connectivity index (χ1) is 18.1. The zero-order chi connectivity index (χ0) is 25.6. The molecular weight excluding hydrogens is 464 g/mol. The topological polar surface area (TPSA) is 79.0 Å². The molecule has 7 heteroatoms. The summed E-state index contributed by atoms with van der Waals surface area (Å²) in [7, 11) is 0. The van der Waals surface area contributed by atoms with E-state index in [1.54, 1.807) is 17.1 Å². The van der Waals surface area contributed by atoms with Gasteiger partial charge < -0.3 is 4.90 Å². The van der Waals surface area contributed by atoms with E-state index >= 15 is 0 Å². The summed E-state index contributed by atoms with van der Waals surface area (Å²) < 4.78 is 0. The van der Waals surface area contributed by atoms with E-state index in [0.717, 1.165) is 49.2 Å². The molecule has 2 heterocycles. The fraction of sp³-hybridized carbons (Fsp3) is 0.333. The van der Waals surface area contributed by atoms with Crippen LogP contribution in [0.4, 0.5) is 5.69 Å². The summed E-state index contributed by atoms with van der Waals surface area (Å²) in [4.78, 5) is 26.8. The van der Waals surface area contributed by atoms with Gasteiger partial charge in [0.1, 0.15) is 0 Å². The van der Waals surface area contributed by atoms with Gasteiger partial charge in [-0.05, 0) is 55.0 Å². The van der Waals surface area contributed by atoms with E-state index in [1.807, 2.05) is 36.4 Å². The maximum absolute atomic E-state index is 13.4. The molecule has 5 rings (SSSR count). The van der Waals surface area contributed by atoms with E-state index in [-0.39, 0.29) is 17.6 Å². The Labute approximate surface area is 217 Å². The van der Waals surface area contributed by atoms with Gasteiger partial charge in [-0.1, -0.05) is 72.8 Å². The average molecular weight is 497 g/mol. The highest BCUT2D eigenvalue weighted by molar-refractivity contribution is 6.03. The SMILES string of the molecule is O=C(CCN1CCC(Cc2ccccc2)CC1)N1N=C(c2ccccc2)C[C@@H]1c1cccc([N+](=O)[O-])c1. The average Bonchev–Trinajstić information content (AvgIpc) is 3.39. The number of hydrogen-bond donors (Lipinski definition) is 0. The minimum Gasteiger partial charge on any atom is -0.303 e. The third kappa shape index (κ3) is 6.12. The summed E-state index contributed by atoms with van der Waals surface area (Å²) in [5.74, 6) is 0.637. The first-order valence-electron chi connectivity index (χ1n) is 13.0. The second kappa shape index (κ2) is 11.5. The summed E-state index contributed by atoms with van der Waals surface area (Å²) in [5, 5.41) is 17.6. The number of carbonyl (C=O) groups excluding carboxylic acids is 1. The predicted molar refractivity (Wildman–Crippen MR) is 144 cm³/mol. The number of nitrogens with zero attached hydrogens (tertiary/aromatic N) is 4. The maximum atomic E-state index is 13.4. The summed E-state index contributed by atoms with van der Waals surface area (Å²) in [6.07, 6.45) is 4.30. The number of nitro groups is 1. The molecule has 7 nitrogen and oxygen atoms in total. The summed E-state index contributed by atoms with van der Waals surface area (Å²) in [6.45, 7) is 2.69. The molecule has 0 aliphatic carbocycles. The molecule has 2 aliphatic rings. The second-order valence-corrected chi connectivity index (χ2v) is 9.95. The van der Waals surface area contributed by atoms with E-state index in [2.05, 4.69) is 35.2 Å². The Balaban J connectivity index is 1.23. The van der Waals surface area contributed by atoms with Gasteiger partial charge in [-0.15, -0.1) is 0 Å². The van der Waals surface area contributed by atoms with Gasteiger partial charge in [-0.3, -0.25) is 14.9 Å². The molecule has 1 saturated heterocycles. The van der Waals surface area contributed by atoms with Crippen LogP contribution in [0.1, 0.15) is 48.4 Å². The Morgan fingerprint density at radius 3 is 2.35 bits per heavy atom. The van der Waals surface area contributed by atoms with Crippen molar-refractivity contribution in [2.75, 3.05) is 19.6 Å². The van der Waals surface area contributed by atoms with Gasteiger partial charge in [0, 0.05) is 31.5 Å². The molecule has 2 aliphatic heterocycles. The van der Waals surface area contributed by atoms with Crippen LogP contribution in [0.5, 0.6) is 0 Å². The number of non-ortho nitro benzene ring substituents is 1. The van der Waals surface area contributed by atoms with E-state index in [0.29, 0.717) is 25.3 Å². The van der Waals surface area contributed by atoms with Gasteiger partial charge in [0.05, 0.1) is 16.7 Å². The largest absolute Gasteiger partial charge is 0.303 e. The van der Waals surface area contributed by atoms with Gasteiger partial charge in [0.15, 0.2) is 0 Å². The molecule has 1 fully saturated rings. The lowest BCUT2D eigenvalue weighted by atomic mass is 9.90. The molecule has 1 atom stereocenters. The number of hydrazone groups is 1. The minimum absolute atomic E-state index is 0.0245. The van der Waals surface area contributed by atoms with Gasteiger partial charge in [0.2, 0.25) is 5.91 Å². The highest BCUT2D eigenvalue weighted by Crippen LogP contribution is 2.34. The fourth-order valence-electron chi connectivity index (χ4n) is 5.38. The molecule has 3 aromatic carbocycles. The molecule has 3 aromatic rings. The number of likely N-dealkylation sites (tertiary alicyclic amines) is 1. The van der Waals surface area contributed by atoms with Crippen LogP contribution in [0.25, 0.3) is 0 Å². The lowest BCUT2D eigenvalue weighted by molar-refractivity contribution is -0.384. The second-order valence-electron chi connectivity index (χ2n) is 9.95. The van der Waals surface area contributed by atoms with Crippen molar-refractivity contribution >= 4 is 17.3 Å². The van der Waals surface area contributed by atoms with Crippen LogP contribution >= 0.6 is 0 Å². The zero-order valence-corrected chi connectivity index (χ0v) is 20.9. The number of nitro benzene ring substituents is 1. The van der Waals surface area contributed by atoms with Crippen LogP contribution < -0.4 is 0 Å². The summed E-state index contributed by atoms with van der Waals surface area (Å²) in [6, 6.07) is 26.7. The number of amides is 1. The molecule has 1 amide bonds. The van der Waals surface area contributed by atoms with Crippen LogP contribution in [-0.2, 0) is 11.2 Å². The van der Waals surface area contributed by atoms with Crippen LogP contribution in [-0.4, -0.2) is 46.1 Å². The summed E-state index contributed by atoms with van der Waals surface area (Å²) in [5.41, 5.74) is 3.95. The lowest BCUT2D eigenvalue weighted by Gasteiger charge is -2.32. The van der Waals surface area contributed by atoms with E-state index in [1.165, 1.54) is 11.6 Å². The molecule has 0 N–H and O–H groups in total. The molecular formula is C30H32N4O3. The Bertz CT molecular complexity index is 1250. The van der Waals surface area contributed by atoms with Crippen LogP contribution in [0.2, 0.25) is 0 Å². The Hall–Kier alpha value is -3.84. The molecule has 0 bridgehead atoms. The van der Waals surface area contributed by atoms with E-state index in [4.69, 9.17) is 5.10 Å². The molecule has 37 heavy (non-hydrogen) atoms. The number of hydrogen-bond acceptors (Lipinski definition) is 5. The molecule has 0 unspecified atom stereocenters. The third-order valence-electron chi connectivity index (χ3n) is 7.45. The van der Waals surface area contributed by atoms with Crippen molar-refractivity contribution in [1.29, 1.82) is 0 Å². The Kier molecular flexibility index (Phi) is 7.70. The van der Waals surface area contributed by atoms with Crippen molar-refractivity contribution in [3.05, 3.63) is 112 Å². The highest BCUT2D eigenvalue weighted by atomic mass is 16.6. The van der Waals surface area contributed by atoms with Gasteiger partial charge in [0.25, 0.3) is 5.69 Å². The summed E-state index contributed by atoms with van der Waals surface area (Å²) >= 11 is 0. The van der Waals surface area contributed by atoms with E-state index < -0.39 is 4.92 Å². The van der Waals surface area contributed by atoms with Crippen LogP contribution in [0.3, 0.4) is 0 Å². The van der Waals surface area contributed by atoms with Gasteiger partial charge in [-0.2, -0.15) is 5.10 Å². The van der Waals surface area contributed by atoms with Gasteiger partial charge >= 0.3 is 0 Å². The zero-order valence-electron chi connectivity index (χ0n) is 20.9. The van der Waals surface area contributed by atoms with Crippen molar-refractivity contribution in [2.24, 2.45) is 11.0 Å². The minimum atomic E-state index is -0.398. The maximum Gasteiger partial charge on any atom is 0.269 e. The number of rotatable bonds is 8. The number of benzene rings is 3. The Morgan fingerprint density at radius 1 is 0.946 bits per heavy atom. The monoisotopic (exact) mass is 496 g/mol. The molecule has 190 valence electrons. The number of piperidine rings is 1.